The van der Waals surface area contributed by atoms with Crippen LogP contribution in [0.15, 0.2) is 42.5 Å². The van der Waals surface area contributed by atoms with Crippen molar-refractivity contribution < 1.29 is 0 Å². The number of nitrogens with zero attached hydrogens (tertiary/aromatic N) is 1. The highest BCUT2D eigenvalue weighted by molar-refractivity contribution is 5.68. The number of nitrogens with two attached hydrogens (primary N) is 1. The average Bonchev–Trinajstić information content (AvgIpc) is 2.47. The molecule has 2 N–H and O–H groups in total. The zero-order chi connectivity index (χ0) is 15.4. The van der Waals surface area contributed by atoms with Crippen LogP contribution in [0.4, 0.5) is 11.4 Å². The maximum absolute atomic E-state index is 6.14. The van der Waals surface area contributed by atoms with Crippen LogP contribution in [0.1, 0.15) is 30.0 Å². The fourth-order valence-electron chi connectivity index (χ4n) is 2.75. The third kappa shape index (κ3) is 3.64. The minimum atomic E-state index is 0.221. The summed E-state index contributed by atoms with van der Waals surface area (Å²) in [5, 5.41) is 0. The van der Waals surface area contributed by atoms with E-state index in [-0.39, 0.29) is 6.04 Å². The predicted molar refractivity (Wildman–Crippen MR) is 92.4 cm³/mol. The Balaban J connectivity index is 2.36. The number of anilines is 2. The number of hydrogen-bond acceptors (Lipinski definition) is 2. The summed E-state index contributed by atoms with van der Waals surface area (Å²) in [4.78, 5) is 2.27. The molecule has 0 saturated heterocycles. The summed E-state index contributed by atoms with van der Waals surface area (Å²) >= 11 is 0. The van der Waals surface area contributed by atoms with Gasteiger partial charge in [-0.25, -0.2) is 0 Å². The van der Waals surface area contributed by atoms with E-state index in [9.17, 15) is 0 Å². The normalized spacial score (nSPS) is 12.2. The minimum Gasteiger partial charge on any atom is -0.344 e. The molecule has 2 heteroatoms. The Hall–Kier alpha value is -1.80. The number of para-hydroxylation sites is 1. The summed E-state index contributed by atoms with van der Waals surface area (Å²) in [6, 6.07) is 15.4. The van der Waals surface area contributed by atoms with Gasteiger partial charge in [-0.3, -0.25) is 0 Å². The molecule has 2 aromatic carbocycles. The Labute approximate surface area is 128 Å². The summed E-state index contributed by atoms with van der Waals surface area (Å²) in [7, 11) is 2.13. The molecular weight excluding hydrogens is 256 g/mol. The summed E-state index contributed by atoms with van der Waals surface area (Å²) in [6.07, 6.45) is 1.92. The van der Waals surface area contributed by atoms with Gasteiger partial charge in [-0.05, 0) is 49.9 Å². The Morgan fingerprint density at radius 1 is 1.05 bits per heavy atom. The molecule has 0 aliphatic rings. The van der Waals surface area contributed by atoms with E-state index in [2.05, 4.69) is 75.2 Å². The van der Waals surface area contributed by atoms with Crippen molar-refractivity contribution in [1.82, 2.24) is 0 Å². The van der Waals surface area contributed by atoms with Crippen LogP contribution in [0, 0.1) is 13.8 Å². The molecule has 2 nitrogen and oxygen atoms in total. The molecule has 21 heavy (non-hydrogen) atoms. The molecule has 0 radical (unpaired) electrons. The molecule has 1 unspecified atom stereocenters. The van der Waals surface area contributed by atoms with E-state index in [0.29, 0.717) is 0 Å². The molecule has 0 aliphatic heterocycles. The van der Waals surface area contributed by atoms with Gasteiger partial charge in [-0.15, -0.1) is 0 Å². The molecule has 112 valence electrons. The lowest BCUT2D eigenvalue weighted by atomic mass is 10.0. The molecular formula is C19H26N2. The Kier molecular flexibility index (Phi) is 5.03. The molecule has 2 rings (SSSR count). The highest BCUT2D eigenvalue weighted by Gasteiger charge is 2.12. The van der Waals surface area contributed by atoms with Crippen LogP contribution in [0.3, 0.4) is 0 Å². The fourth-order valence-corrected chi connectivity index (χ4v) is 2.75. The van der Waals surface area contributed by atoms with E-state index < -0.39 is 0 Å². The van der Waals surface area contributed by atoms with E-state index in [1.807, 2.05) is 0 Å². The first-order valence-electron chi connectivity index (χ1n) is 7.67. The average molecular weight is 282 g/mol. The summed E-state index contributed by atoms with van der Waals surface area (Å²) < 4.78 is 0. The molecule has 0 heterocycles. The van der Waals surface area contributed by atoms with Gasteiger partial charge in [0.25, 0.3) is 0 Å². The second-order valence-corrected chi connectivity index (χ2v) is 5.85. The first-order valence-corrected chi connectivity index (χ1v) is 7.67. The third-order valence-electron chi connectivity index (χ3n) is 4.07. The second kappa shape index (κ2) is 6.77. The molecule has 0 spiro atoms. The lowest BCUT2D eigenvalue weighted by molar-refractivity contribution is 0.646. The molecule has 2 aromatic rings. The van der Waals surface area contributed by atoms with Gasteiger partial charge in [-0.1, -0.05) is 42.8 Å². The van der Waals surface area contributed by atoms with Gasteiger partial charge in [0.1, 0.15) is 0 Å². The van der Waals surface area contributed by atoms with Crippen molar-refractivity contribution in [1.29, 1.82) is 0 Å². The summed E-state index contributed by atoms with van der Waals surface area (Å²) in [5.74, 6) is 0. The SMILES string of the molecule is CCC(N)Cc1ccccc1N(C)c1ccc(C)cc1C. The molecule has 0 bridgehead atoms. The Morgan fingerprint density at radius 3 is 2.43 bits per heavy atom. The van der Waals surface area contributed by atoms with Crippen molar-refractivity contribution in [2.24, 2.45) is 5.73 Å². The van der Waals surface area contributed by atoms with E-state index >= 15 is 0 Å². The molecule has 0 saturated carbocycles. The van der Waals surface area contributed by atoms with E-state index in [4.69, 9.17) is 5.73 Å². The topological polar surface area (TPSA) is 29.3 Å². The first kappa shape index (κ1) is 15.6. The highest BCUT2D eigenvalue weighted by atomic mass is 15.1. The van der Waals surface area contributed by atoms with E-state index in [1.54, 1.807) is 0 Å². The highest BCUT2D eigenvalue weighted by Crippen LogP contribution is 2.30. The van der Waals surface area contributed by atoms with Crippen molar-refractivity contribution in [3.63, 3.8) is 0 Å². The maximum Gasteiger partial charge on any atom is 0.0441 e. The van der Waals surface area contributed by atoms with Crippen LogP contribution in [0.5, 0.6) is 0 Å². The van der Waals surface area contributed by atoms with Crippen LogP contribution in [0.25, 0.3) is 0 Å². The van der Waals surface area contributed by atoms with Gasteiger partial charge in [0.05, 0.1) is 0 Å². The van der Waals surface area contributed by atoms with Gasteiger partial charge in [0, 0.05) is 24.5 Å². The number of aryl methyl sites for hydroxylation is 2. The molecule has 0 aromatic heterocycles. The Morgan fingerprint density at radius 2 is 1.76 bits per heavy atom. The largest absolute Gasteiger partial charge is 0.344 e. The van der Waals surface area contributed by atoms with Crippen LogP contribution in [-0.2, 0) is 6.42 Å². The van der Waals surface area contributed by atoms with Crippen molar-refractivity contribution in [3.8, 4) is 0 Å². The van der Waals surface area contributed by atoms with Gasteiger partial charge < -0.3 is 10.6 Å². The molecule has 1 atom stereocenters. The number of rotatable bonds is 5. The van der Waals surface area contributed by atoms with E-state index in [1.165, 1.54) is 28.1 Å². The van der Waals surface area contributed by atoms with Crippen LogP contribution in [0.2, 0.25) is 0 Å². The lowest BCUT2D eigenvalue weighted by Crippen LogP contribution is -2.23. The maximum atomic E-state index is 6.14. The third-order valence-corrected chi connectivity index (χ3v) is 4.07. The monoisotopic (exact) mass is 282 g/mol. The zero-order valence-electron chi connectivity index (χ0n) is 13.6. The fraction of sp³-hybridized carbons (Fsp3) is 0.368. The Bertz CT molecular complexity index is 604. The van der Waals surface area contributed by atoms with Gasteiger partial charge in [0.2, 0.25) is 0 Å². The second-order valence-electron chi connectivity index (χ2n) is 5.85. The zero-order valence-corrected chi connectivity index (χ0v) is 13.6. The molecule has 0 amide bonds. The summed E-state index contributed by atoms with van der Waals surface area (Å²) in [5.41, 5.74) is 12.5. The molecule has 0 aliphatic carbocycles. The minimum absolute atomic E-state index is 0.221. The van der Waals surface area contributed by atoms with Crippen LogP contribution in [-0.4, -0.2) is 13.1 Å². The smallest absolute Gasteiger partial charge is 0.0441 e. The van der Waals surface area contributed by atoms with Gasteiger partial charge in [-0.2, -0.15) is 0 Å². The molecule has 0 fully saturated rings. The van der Waals surface area contributed by atoms with Crippen molar-refractivity contribution in [2.45, 2.75) is 39.7 Å². The first-order chi connectivity index (χ1) is 10.0. The standard InChI is InChI=1S/C19H26N2/c1-5-17(20)13-16-8-6-7-9-19(16)21(4)18-11-10-14(2)12-15(18)3/h6-12,17H,5,13,20H2,1-4H3. The number of benzene rings is 2. The lowest BCUT2D eigenvalue weighted by Gasteiger charge is -2.25. The van der Waals surface area contributed by atoms with Crippen molar-refractivity contribution >= 4 is 11.4 Å². The quantitative estimate of drug-likeness (QED) is 0.883. The van der Waals surface area contributed by atoms with Crippen LogP contribution < -0.4 is 10.6 Å². The van der Waals surface area contributed by atoms with Crippen molar-refractivity contribution in [2.75, 3.05) is 11.9 Å². The van der Waals surface area contributed by atoms with E-state index in [0.717, 1.165) is 12.8 Å². The van der Waals surface area contributed by atoms with Crippen molar-refractivity contribution in [3.05, 3.63) is 59.2 Å². The van der Waals surface area contributed by atoms with Gasteiger partial charge in [0.15, 0.2) is 0 Å². The summed E-state index contributed by atoms with van der Waals surface area (Å²) in [6.45, 7) is 6.44. The van der Waals surface area contributed by atoms with Gasteiger partial charge >= 0.3 is 0 Å². The predicted octanol–water partition coefficient (Wildman–Crippen LogP) is 4.35. The van der Waals surface area contributed by atoms with Crippen LogP contribution >= 0.6 is 0 Å². The number of hydrogen-bond donors (Lipinski definition) is 1.